The molecule has 0 N–H and O–H groups in total. The van der Waals surface area contributed by atoms with Crippen LogP contribution in [0.15, 0.2) is 146 Å². The molecule has 0 aliphatic rings. The minimum atomic E-state index is -0.261. The SMILES string of the molecule is CC(C)(C)c1nc(-c2cc(-c3ccccc3)ccc2-n2c3ccc(-c4ccccc4)cc3c3cc(-c4ccccc4)ccc32)nc(C(C)(C)C)n1. The summed E-state index contributed by atoms with van der Waals surface area (Å²) in [5.74, 6) is 2.26. The first-order valence-electron chi connectivity index (χ1n) is 17.7. The number of benzene rings is 6. The molecule has 0 aliphatic carbocycles. The Kier molecular flexibility index (Phi) is 7.91. The van der Waals surface area contributed by atoms with Crippen molar-refractivity contribution >= 4 is 21.8 Å². The van der Waals surface area contributed by atoms with Crippen molar-refractivity contribution in [3.8, 4) is 50.5 Å². The number of hydrogen-bond donors (Lipinski definition) is 0. The molecule has 8 rings (SSSR count). The van der Waals surface area contributed by atoms with Crippen LogP contribution in [0.3, 0.4) is 0 Å². The van der Waals surface area contributed by atoms with Crippen molar-refractivity contribution in [3.63, 3.8) is 0 Å². The molecule has 2 heterocycles. The Morgan fingerprint density at radius 3 is 1.20 bits per heavy atom. The third-order valence-electron chi connectivity index (χ3n) is 9.54. The van der Waals surface area contributed by atoms with Gasteiger partial charge in [-0.2, -0.15) is 0 Å². The number of hydrogen-bond acceptors (Lipinski definition) is 3. The maximum Gasteiger partial charge on any atom is 0.165 e. The Morgan fingerprint density at radius 2 is 0.784 bits per heavy atom. The van der Waals surface area contributed by atoms with E-state index >= 15 is 0 Å². The summed E-state index contributed by atoms with van der Waals surface area (Å²) >= 11 is 0. The molecule has 0 unspecified atom stereocenters. The molecule has 0 saturated carbocycles. The highest BCUT2D eigenvalue weighted by Crippen LogP contribution is 2.41. The Labute approximate surface area is 300 Å². The van der Waals surface area contributed by atoms with E-state index < -0.39 is 0 Å². The zero-order valence-electron chi connectivity index (χ0n) is 30.1. The summed E-state index contributed by atoms with van der Waals surface area (Å²) in [6.45, 7) is 13.0. The lowest BCUT2D eigenvalue weighted by Crippen LogP contribution is -2.24. The topological polar surface area (TPSA) is 43.6 Å². The molecule has 0 aliphatic heterocycles. The van der Waals surface area contributed by atoms with Crippen LogP contribution in [0.1, 0.15) is 53.2 Å². The van der Waals surface area contributed by atoms with Crippen molar-refractivity contribution in [2.75, 3.05) is 0 Å². The Balaban J connectivity index is 1.45. The second-order valence-corrected chi connectivity index (χ2v) is 15.4. The zero-order valence-corrected chi connectivity index (χ0v) is 30.1. The number of aromatic nitrogens is 4. The molecule has 0 spiro atoms. The number of rotatable bonds is 5. The molecule has 0 saturated heterocycles. The molecule has 0 fully saturated rings. The van der Waals surface area contributed by atoms with Gasteiger partial charge in [0.25, 0.3) is 0 Å². The summed E-state index contributed by atoms with van der Waals surface area (Å²) in [7, 11) is 0. The van der Waals surface area contributed by atoms with E-state index in [9.17, 15) is 0 Å². The molecule has 8 aromatic rings. The van der Waals surface area contributed by atoms with E-state index in [4.69, 9.17) is 15.0 Å². The second-order valence-electron chi connectivity index (χ2n) is 15.4. The van der Waals surface area contributed by atoms with E-state index in [1.54, 1.807) is 0 Å². The predicted molar refractivity (Wildman–Crippen MR) is 213 cm³/mol. The largest absolute Gasteiger partial charge is 0.308 e. The molecular weight excluding hydrogens is 621 g/mol. The van der Waals surface area contributed by atoms with Gasteiger partial charge in [-0.05, 0) is 69.8 Å². The number of fused-ring (bicyclic) bond motifs is 3. The molecule has 0 amide bonds. The Bertz CT molecular complexity index is 2390. The molecule has 0 bridgehead atoms. The van der Waals surface area contributed by atoms with Crippen LogP contribution in [-0.4, -0.2) is 19.5 Å². The monoisotopic (exact) mass is 662 g/mol. The fourth-order valence-corrected chi connectivity index (χ4v) is 6.79. The third kappa shape index (κ3) is 6.12. The molecule has 250 valence electrons. The first kappa shape index (κ1) is 32.3. The van der Waals surface area contributed by atoms with Crippen LogP contribution in [-0.2, 0) is 10.8 Å². The van der Waals surface area contributed by atoms with E-state index in [0.29, 0.717) is 5.82 Å². The van der Waals surface area contributed by atoms with Crippen molar-refractivity contribution < 1.29 is 0 Å². The third-order valence-corrected chi connectivity index (χ3v) is 9.54. The van der Waals surface area contributed by atoms with Gasteiger partial charge in [0.05, 0.1) is 16.7 Å². The average Bonchev–Trinajstić information content (AvgIpc) is 3.47. The summed E-state index contributed by atoms with van der Waals surface area (Å²) in [5.41, 5.74) is 10.8. The molecule has 6 aromatic carbocycles. The van der Waals surface area contributed by atoms with E-state index in [1.165, 1.54) is 33.0 Å². The lowest BCUT2D eigenvalue weighted by Gasteiger charge is -2.23. The first-order valence-corrected chi connectivity index (χ1v) is 17.7. The normalized spacial score (nSPS) is 12.1. The summed E-state index contributed by atoms with van der Waals surface area (Å²) < 4.78 is 2.40. The average molecular weight is 663 g/mol. The Hall–Kier alpha value is -5.87. The van der Waals surface area contributed by atoms with Gasteiger partial charge in [0, 0.05) is 27.2 Å². The molecule has 0 radical (unpaired) electrons. The highest BCUT2D eigenvalue weighted by Gasteiger charge is 2.27. The van der Waals surface area contributed by atoms with Crippen molar-refractivity contribution in [3.05, 3.63) is 157 Å². The van der Waals surface area contributed by atoms with Crippen molar-refractivity contribution in [1.29, 1.82) is 0 Å². The first-order chi connectivity index (χ1) is 24.5. The van der Waals surface area contributed by atoms with Crippen molar-refractivity contribution in [1.82, 2.24) is 19.5 Å². The van der Waals surface area contributed by atoms with Crippen LogP contribution in [0.4, 0.5) is 0 Å². The second kappa shape index (κ2) is 12.5. The fourth-order valence-electron chi connectivity index (χ4n) is 6.79. The van der Waals surface area contributed by atoms with Gasteiger partial charge in [0.2, 0.25) is 0 Å². The standard InChI is InChI=1S/C47H42N4/c1-46(2,3)44-48-43(49-45(50-44)47(4,5)6)39-30-36(33-20-14-9-15-21-33)24-27-42(39)51-40-25-22-34(31-16-10-7-11-17-31)28-37(40)38-29-35(23-26-41(38)51)32-18-12-8-13-19-32/h7-30H,1-6H3. The van der Waals surface area contributed by atoms with Crippen LogP contribution in [0, 0.1) is 0 Å². The minimum absolute atomic E-state index is 0.261. The van der Waals surface area contributed by atoms with E-state index in [1.807, 2.05) is 0 Å². The maximum absolute atomic E-state index is 5.23. The van der Waals surface area contributed by atoms with Crippen LogP contribution in [0.25, 0.3) is 72.3 Å². The minimum Gasteiger partial charge on any atom is -0.308 e. The van der Waals surface area contributed by atoms with Gasteiger partial charge in [-0.3, -0.25) is 0 Å². The van der Waals surface area contributed by atoms with Gasteiger partial charge in [0.15, 0.2) is 5.82 Å². The highest BCUT2D eigenvalue weighted by molar-refractivity contribution is 6.12. The molecule has 51 heavy (non-hydrogen) atoms. The highest BCUT2D eigenvalue weighted by atomic mass is 15.1. The van der Waals surface area contributed by atoms with Gasteiger partial charge in [0.1, 0.15) is 11.6 Å². The lowest BCUT2D eigenvalue weighted by atomic mass is 9.92. The van der Waals surface area contributed by atoms with Gasteiger partial charge in [-0.15, -0.1) is 0 Å². The Morgan fingerprint density at radius 1 is 0.392 bits per heavy atom. The maximum atomic E-state index is 5.23. The van der Waals surface area contributed by atoms with E-state index in [2.05, 4.69) is 192 Å². The molecule has 0 atom stereocenters. The van der Waals surface area contributed by atoms with Crippen molar-refractivity contribution in [2.24, 2.45) is 0 Å². The van der Waals surface area contributed by atoms with Gasteiger partial charge in [-0.25, -0.2) is 15.0 Å². The van der Waals surface area contributed by atoms with Gasteiger partial charge < -0.3 is 4.57 Å². The van der Waals surface area contributed by atoms with Crippen LogP contribution in [0.2, 0.25) is 0 Å². The molecule has 2 aromatic heterocycles. The van der Waals surface area contributed by atoms with Crippen LogP contribution in [0.5, 0.6) is 0 Å². The van der Waals surface area contributed by atoms with E-state index in [0.717, 1.165) is 45.1 Å². The van der Waals surface area contributed by atoms with Crippen LogP contribution >= 0.6 is 0 Å². The molecular formula is C47H42N4. The smallest absolute Gasteiger partial charge is 0.165 e. The summed E-state index contributed by atoms with van der Waals surface area (Å²) in [6.07, 6.45) is 0. The number of nitrogens with zero attached hydrogens (tertiary/aromatic N) is 4. The fraction of sp³-hybridized carbons (Fsp3) is 0.170. The van der Waals surface area contributed by atoms with Gasteiger partial charge in [-0.1, -0.05) is 151 Å². The molecule has 4 heteroatoms. The van der Waals surface area contributed by atoms with Crippen molar-refractivity contribution in [2.45, 2.75) is 52.4 Å². The predicted octanol–water partition coefficient (Wildman–Crippen LogP) is 12.2. The van der Waals surface area contributed by atoms with Gasteiger partial charge >= 0.3 is 0 Å². The van der Waals surface area contributed by atoms with Crippen LogP contribution < -0.4 is 0 Å². The van der Waals surface area contributed by atoms with E-state index in [-0.39, 0.29) is 10.8 Å². The zero-order chi connectivity index (χ0) is 35.3. The summed E-state index contributed by atoms with van der Waals surface area (Å²) in [5, 5.41) is 2.40. The summed E-state index contributed by atoms with van der Waals surface area (Å²) in [4.78, 5) is 15.5. The molecule has 4 nitrogen and oxygen atoms in total. The lowest BCUT2D eigenvalue weighted by molar-refractivity contribution is 0.497. The quantitative estimate of drug-likeness (QED) is 0.184. The summed E-state index contributed by atoms with van der Waals surface area (Å²) in [6, 6.07) is 52.2.